The van der Waals surface area contributed by atoms with Gasteiger partial charge in [0.2, 0.25) is 0 Å². The lowest BCUT2D eigenvalue weighted by molar-refractivity contribution is 0.409. The topological polar surface area (TPSA) is 63.5 Å². The Morgan fingerprint density at radius 2 is 1.96 bits per heavy atom. The number of aromatic nitrogens is 2. The molecule has 0 saturated carbocycles. The molecule has 0 spiro atoms. The molecule has 0 atom stereocenters. The minimum atomic E-state index is 0.797. The van der Waals surface area contributed by atoms with E-state index in [0.29, 0.717) is 0 Å². The van der Waals surface area contributed by atoms with Gasteiger partial charge in [0.15, 0.2) is 5.96 Å². The van der Waals surface area contributed by atoms with Crippen molar-refractivity contribution in [1.29, 1.82) is 0 Å². The fourth-order valence-corrected chi connectivity index (χ4v) is 3.28. The van der Waals surface area contributed by atoms with Gasteiger partial charge in [-0.1, -0.05) is 29.8 Å². The van der Waals surface area contributed by atoms with Gasteiger partial charge in [-0.05, 0) is 43.5 Å². The Labute approximate surface area is 166 Å². The van der Waals surface area contributed by atoms with Crippen molar-refractivity contribution < 1.29 is 4.74 Å². The van der Waals surface area contributed by atoms with Gasteiger partial charge in [-0.3, -0.25) is 4.99 Å². The molecule has 2 N–H and O–H groups in total. The number of benzene rings is 2. The highest BCUT2D eigenvalue weighted by Gasteiger charge is 2.05. The third-order valence-electron chi connectivity index (χ3n) is 4.74. The van der Waals surface area contributed by atoms with Crippen LogP contribution < -0.4 is 15.4 Å². The molecule has 2 aromatic carbocycles. The highest BCUT2D eigenvalue weighted by atomic mass is 16.5. The van der Waals surface area contributed by atoms with Gasteiger partial charge in [0.25, 0.3) is 0 Å². The second-order valence-electron chi connectivity index (χ2n) is 6.77. The fraction of sp³-hybridized carbons (Fsp3) is 0.364. The lowest BCUT2D eigenvalue weighted by atomic mass is 10.1. The summed E-state index contributed by atoms with van der Waals surface area (Å²) in [5.41, 5.74) is 4.67. The molecule has 0 bridgehead atoms. The number of para-hydroxylation sites is 2. The van der Waals surface area contributed by atoms with Gasteiger partial charge in [-0.2, -0.15) is 0 Å². The molecule has 6 heteroatoms. The first-order chi connectivity index (χ1) is 13.7. The van der Waals surface area contributed by atoms with Crippen LogP contribution in [0.5, 0.6) is 5.75 Å². The highest BCUT2D eigenvalue weighted by molar-refractivity contribution is 5.79. The summed E-state index contributed by atoms with van der Waals surface area (Å²) in [5.74, 6) is 1.75. The SMILES string of the molecule is CN=C(NCCCn1cnc2ccccc21)NCCc1cc(C)ccc1OC. The number of aryl methyl sites for hydroxylation is 2. The lowest BCUT2D eigenvalue weighted by Gasteiger charge is -2.14. The second-order valence-corrected chi connectivity index (χ2v) is 6.77. The van der Waals surface area contributed by atoms with E-state index >= 15 is 0 Å². The number of fused-ring (bicyclic) bond motifs is 1. The number of aliphatic imine (C=N–C) groups is 1. The van der Waals surface area contributed by atoms with Crippen molar-refractivity contribution >= 4 is 17.0 Å². The zero-order valence-electron chi connectivity index (χ0n) is 16.9. The molecule has 3 rings (SSSR count). The standard InChI is InChI=1S/C22H29N5O/c1-17-9-10-21(28-3)18(15-17)11-13-25-22(23-2)24-12-6-14-27-16-26-19-7-4-5-8-20(19)27/h4-5,7-10,15-16H,6,11-14H2,1-3H3,(H2,23,24,25). The molecule has 0 fully saturated rings. The van der Waals surface area contributed by atoms with Crippen molar-refractivity contribution in [3.8, 4) is 5.75 Å². The van der Waals surface area contributed by atoms with Crippen molar-refractivity contribution in [2.75, 3.05) is 27.2 Å². The summed E-state index contributed by atoms with van der Waals surface area (Å²) >= 11 is 0. The van der Waals surface area contributed by atoms with Crippen LogP contribution in [0.3, 0.4) is 0 Å². The summed E-state index contributed by atoms with van der Waals surface area (Å²) < 4.78 is 7.64. The van der Waals surface area contributed by atoms with E-state index in [0.717, 1.165) is 49.7 Å². The van der Waals surface area contributed by atoms with Gasteiger partial charge in [0.1, 0.15) is 5.75 Å². The molecule has 0 aliphatic carbocycles. The van der Waals surface area contributed by atoms with E-state index in [1.807, 2.05) is 30.6 Å². The first-order valence-corrected chi connectivity index (χ1v) is 9.69. The number of hydrogen-bond acceptors (Lipinski definition) is 3. The summed E-state index contributed by atoms with van der Waals surface area (Å²) in [5, 5.41) is 6.76. The third-order valence-corrected chi connectivity index (χ3v) is 4.74. The number of hydrogen-bond donors (Lipinski definition) is 2. The van der Waals surface area contributed by atoms with Gasteiger partial charge < -0.3 is 19.9 Å². The summed E-state index contributed by atoms with van der Waals surface area (Å²) in [7, 11) is 3.51. The second kappa shape index (κ2) is 9.78. The van der Waals surface area contributed by atoms with Crippen molar-refractivity contribution in [1.82, 2.24) is 20.2 Å². The number of nitrogens with zero attached hydrogens (tertiary/aromatic N) is 3. The molecule has 0 aliphatic heterocycles. The fourth-order valence-electron chi connectivity index (χ4n) is 3.28. The van der Waals surface area contributed by atoms with E-state index in [2.05, 4.69) is 50.3 Å². The molecule has 0 saturated heterocycles. The Kier molecular flexibility index (Phi) is 6.89. The molecular formula is C22H29N5O. The normalized spacial score (nSPS) is 11.6. The van der Waals surface area contributed by atoms with Crippen molar-refractivity contribution in [2.45, 2.75) is 26.3 Å². The Balaban J connectivity index is 1.42. The largest absolute Gasteiger partial charge is 0.496 e. The van der Waals surface area contributed by atoms with E-state index in [9.17, 15) is 0 Å². The van der Waals surface area contributed by atoms with Crippen molar-refractivity contribution in [3.05, 3.63) is 59.9 Å². The number of rotatable bonds is 8. The van der Waals surface area contributed by atoms with Crippen LogP contribution in [-0.2, 0) is 13.0 Å². The number of nitrogens with one attached hydrogen (secondary N) is 2. The van der Waals surface area contributed by atoms with Crippen LogP contribution in [-0.4, -0.2) is 42.8 Å². The van der Waals surface area contributed by atoms with Gasteiger partial charge in [-0.15, -0.1) is 0 Å². The summed E-state index contributed by atoms with van der Waals surface area (Å²) in [4.78, 5) is 8.74. The van der Waals surface area contributed by atoms with Crippen LogP contribution in [0, 0.1) is 6.92 Å². The van der Waals surface area contributed by atoms with Crippen LogP contribution in [0.25, 0.3) is 11.0 Å². The van der Waals surface area contributed by atoms with E-state index in [-0.39, 0.29) is 0 Å². The third kappa shape index (κ3) is 5.03. The minimum Gasteiger partial charge on any atom is -0.496 e. The van der Waals surface area contributed by atoms with Crippen LogP contribution in [0.15, 0.2) is 53.8 Å². The molecule has 0 unspecified atom stereocenters. The smallest absolute Gasteiger partial charge is 0.190 e. The molecule has 1 heterocycles. The first-order valence-electron chi connectivity index (χ1n) is 9.69. The van der Waals surface area contributed by atoms with E-state index in [1.165, 1.54) is 16.6 Å². The zero-order valence-corrected chi connectivity index (χ0v) is 16.9. The molecule has 3 aromatic rings. The van der Waals surface area contributed by atoms with E-state index in [1.54, 1.807) is 14.2 Å². The molecule has 28 heavy (non-hydrogen) atoms. The first kappa shape index (κ1) is 19.7. The molecule has 1 aromatic heterocycles. The van der Waals surface area contributed by atoms with Crippen LogP contribution in [0.2, 0.25) is 0 Å². The zero-order chi connectivity index (χ0) is 19.8. The number of ether oxygens (including phenoxy) is 1. The summed E-state index contributed by atoms with van der Waals surface area (Å²) in [6.07, 6.45) is 3.78. The molecule has 6 nitrogen and oxygen atoms in total. The molecule has 0 amide bonds. The predicted molar refractivity (Wildman–Crippen MR) is 115 cm³/mol. The summed E-state index contributed by atoms with van der Waals surface area (Å²) in [6.45, 7) is 4.66. The summed E-state index contributed by atoms with van der Waals surface area (Å²) in [6, 6.07) is 14.5. The molecule has 148 valence electrons. The Bertz CT molecular complexity index is 932. The van der Waals surface area contributed by atoms with Gasteiger partial charge >= 0.3 is 0 Å². The van der Waals surface area contributed by atoms with Gasteiger partial charge in [-0.25, -0.2) is 4.98 Å². The monoisotopic (exact) mass is 379 g/mol. The Hall–Kier alpha value is -3.02. The predicted octanol–water partition coefficient (Wildman–Crippen LogP) is 3.15. The van der Waals surface area contributed by atoms with Crippen molar-refractivity contribution in [2.24, 2.45) is 4.99 Å². The Morgan fingerprint density at radius 1 is 1.14 bits per heavy atom. The molecular weight excluding hydrogens is 350 g/mol. The maximum Gasteiger partial charge on any atom is 0.190 e. The number of imidazole rings is 1. The van der Waals surface area contributed by atoms with Gasteiger partial charge in [0.05, 0.1) is 24.5 Å². The molecule has 0 radical (unpaired) electrons. The number of methoxy groups -OCH3 is 1. The van der Waals surface area contributed by atoms with Crippen molar-refractivity contribution in [3.63, 3.8) is 0 Å². The minimum absolute atomic E-state index is 0.797. The van der Waals surface area contributed by atoms with Crippen LogP contribution in [0.4, 0.5) is 0 Å². The Morgan fingerprint density at radius 3 is 2.79 bits per heavy atom. The highest BCUT2D eigenvalue weighted by Crippen LogP contribution is 2.19. The van der Waals surface area contributed by atoms with Gasteiger partial charge in [0, 0.05) is 26.7 Å². The van der Waals surface area contributed by atoms with E-state index < -0.39 is 0 Å². The quantitative estimate of drug-likeness (QED) is 0.359. The van der Waals surface area contributed by atoms with Crippen LogP contribution in [0.1, 0.15) is 17.5 Å². The average Bonchev–Trinajstić information content (AvgIpc) is 3.13. The maximum absolute atomic E-state index is 5.45. The lowest BCUT2D eigenvalue weighted by Crippen LogP contribution is -2.39. The van der Waals surface area contributed by atoms with Crippen LogP contribution >= 0.6 is 0 Å². The average molecular weight is 380 g/mol. The molecule has 0 aliphatic rings. The maximum atomic E-state index is 5.45. The van der Waals surface area contributed by atoms with E-state index in [4.69, 9.17) is 4.74 Å². The number of guanidine groups is 1.